The van der Waals surface area contributed by atoms with Gasteiger partial charge in [0.2, 0.25) is 5.71 Å². The molecule has 3 heteroatoms. The molecule has 4 rings (SSSR count). The molecular formula is C14H8BrNO. The van der Waals surface area contributed by atoms with Gasteiger partial charge < -0.3 is 4.42 Å². The van der Waals surface area contributed by atoms with Gasteiger partial charge in [0.05, 0.1) is 15.5 Å². The van der Waals surface area contributed by atoms with Crippen LogP contribution in [-0.2, 0) is 0 Å². The molecule has 0 N–H and O–H groups in total. The number of oxazole rings is 1. The van der Waals surface area contributed by atoms with Crippen molar-refractivity contribution in [3.05, 3.63) is 53.0 Å². The van der Waals surface area contributed by atoms with Crippen LogP contribution in [0.15, 0.2) is 57.4 Å². The lowest BCUT2D eigenvalue weighted by Crippen LogP contribution is -1.78. The maximum atomic E-state index is 5.88. The number of rotatable bonds is 0. The Hall–Kier alpha value is -1.74. The van der Waals surface area contributed by atoms with E-state index in [-0.39, 0.29) is 0 Å². The van der Waals surface area contributed by atoms with E-state index < -0.39 is 0 Å². The van der Waals surface area contributed by atoms with Gasteiger partial charge in [0, 0.05) is 5.39 Å². The molecule has 2 aromatic heterocycles. The van der Waals surface area contributed by atoms with Gasteiger partial charge in [-0.2, -0.15) is 0 Å². The Morgan fingerprint density at radius 1 is 0.882 bits per heavy atom. The summed E-state index contributed by atoms with van der Waals surface area (Å²) in [6.07, 6.45) is 0. The van der Waals surface area contributed by atoms with E-state index in [0.29, 0.717) is 0 Å². The van der Waals surface area contributed by atoms with Crippen molar-refractivity contribution in [2.24, 2.45) is 0 Å². The summed E-state index contributed by atoms with van der Waals surface area (Å²) in [7, 11) is 0. The number of hydrogen-bond donors (Lipinski definition) is 0. The Morgan fingerprint density at radius 3 is 2.47 bits per heavy atom. The number of halogens is 1. The summed E-state index contributed by atoms with van der Waals surface area (Å²) in [5.41, 5.74) is 4.05. The Morgan fingerprint density at radius 2 is 1.59 bits per heavy atom. The standard InChI is InChI=1S/C14H8BrNO/c15-13-9-5-1-2-6-10(9)16-11-7-3-4-8-12(11)17-14(13)16/h1-8H. The first-order valence-electron chi connectivity index (χ1n) is 5.42. The molecule has 2 nitrogen and oxygen atoms in total. The van der Waals surface area contributed by atoms with Crippen molar-refractivity contribution in [3.8, 4) is 0 Å². The van der Waals surface area contributed by atoms with Crippen molar-refractivity contribution in [1.82, 2.24) is 4.40 Å². The highest BCUT2D eigenvalue weighted by Crippen LogP contribution is 2.35. The molecule has 0 amide bonds. The SMILES string of the molecule is Brc1c2ccccc2n2c1oc1ccccc12. The minimum atomic E-state index is 0.868. The first kappa shape index (κ1) is 9.31. The molecule has 0 spiro atoms. The van der Waals surface area contributed by atoms with Crippen molar-refractivity contribution < 1.29 is 4.42 Å². The van der Waals surface area contributed by atoms with Gasteiger partial charge in [-0.3, -0.25) is 4.40 Å². The van der Waals surface area contributed by atoms with E-state index >= 15 is 0 Å². The normalized spacial score (nSPS) is 11.8. The van der Waals surface area contributed by atoms with Gasteiger partial charge >= 0.3 is 0 Å². The van der Waals surface area contributed by atoms with Crippen LogP contribution in [0.3, 0.4) is 0 Å². The van der Waals surface area contributed by atoms with Crippen LogP contribution >= 0.6 is 15.9 Å². The third-order valence-corrected chi connectivity index (χ3v) is 3.85. The van der Waals surface area contributed by atoms with Crippen molar-refractivity contribution in [2.45, 2.75) is 0 Å². The summed E-state index contributed by atoms with van der Waals surface area (Å²) in [5.74, 6) is 0. The van der Waals surface area contributed by atoms with E-state index in [1.165, 1.54) is 10.9 Å². The van der Waals surface area contributed by atoms with Gasteiger partial charge in [-0.05, 0) is 34.1 Å². The van der Waals surface area contributed by atoms with E-state index in [4.69, 9.17) is 4.42 Å². The number of para-hydroxylation sites is 3. The number of nitrogens with zero attached hydrogens (tertiary/aromatic N) is 1. The molecule has 0 aliphatic carbocycles. The number of aromatic nitrogens is 1. The zero-order chi connectivity index (χ0) is 11.4. The largest absolute Gasteiger partial charge is 0.437 e. The molecule has 0 fully saturated rings. The number of hydrogen-bond acceptors (Lipinski definition) is 1. The lowest BCUT2D eigenvalue weighted by atomic mass is 10.2. The van der Waals surface area contributed by atoms with Crippen LogP contribution in [-0.4, -0.2) is 4.40 Å². The molecule has 2 aromatic carbocycles. The molecule has 4 aromatic rings. The second-order valence-electron chi connectivity index (χ2n) is 4.04. The topological polar surface area (TPSA) is 17.6 Å². The lowest BCUT2D eigenvalue weighted by molar-refractivity contribution is 0.655. The highest BCUT2D eigenvalue weighted by molar-refractivity contribution is 9.10. The third-order valence-electron chi connectivity index (χ3n) is 3.09. The van der Waals surface area contributed by atoms with Gasteiger partial charge in [0.1, 0.15) is 0 Å². The summed E-state index contributed by atoms with van der Waals surface area (Å²) in [6.45, 7) is 0. The molecule has 0 bridgehead atoms. The van der Waals surface area contributed by atoms with E-state index in [1.54, 1.807) is 0 Å². The van der Waals surface area contributed by atoms with Gasteiger partial charge in [-0.25, -0.2) is 0 Å². The summed E-state index contributed by atoms with van der Waals surface area (Å²) in [5, 5.41) is 1.18. The first-order chi connectivity index (χ1) is 8.36. The Bertz CT molecular complexity index is 856. The van der Waals surface area contributed by atoms with Crippen molar-refractivity contribution in [2.75, 3.05) is 0 Å². The second-order valence-corrected chi connectivity index (χ2v) is 4.83. The zero-order valence-corrected chi connectivity index (χ0v) is 10.4. The fraction of sp³-hybridized carbons (Fsp3) is 0. The van der Waals surface area contributed by atoms with Crippen LogP contribution in [0.5, 0.6) is 0 Å². The van der Waals surface area contributed by atoms with Crippen LogP contribution in [0.25, 0.3) is 27.7 Å². The maximum absolute atomic E-state index is 5.88. The van der Waals surface area contributed by atoms with Crippen molar-refractivity contribution in [3.63, 3.8) is 0 Å². The predicted molar refractivity (Wildman–Crippen MR) is 72.4 cm³/mol. The molecular weight excluding hydrogens is 278 g/mol. The summed E-state index contributed by atoms with van der Waals surface area (Å²) in [6, 6.07) is 16.4. The van der Waals surface area contributed by atoms with Crippen LogP contribution in [0.1, 0.15) is 0 Å². The van der Waals surface area contributed by atoms with Crippen molar-refractivity contribution >= 4 is 43.6 Å². The fourth-order valence-corrected chi connectivity index (χ4v) is 2.93. The van der Waals surface area contributed by atoms with E-state index in [1.807, 2.05) is 30.3 Å². The van der Waals surface area contributed by atoms with Crippen LogP contribution in [0.2, 0.25) is 0 Å². The summed E-state index contributed by atoms with van der Waals surface area (Å²) >= 11 is 3.62. The maximum Gasteiger partial charge on any atom is 0.220 e. The minimum absolute atomic E-state index is 0.868. The summed E-state index contributed by atoms with van der Waals surface area (Å²) < 4.78 is 9.05. The number of fused-ring (bicyclic) bond motifs is 5. The second kappa shape index (κ2) is 3.14. The minimum Gasteiger partial charge on any atom is -0.437 e. The van der Waals surface area contributed by atoms with Crippen molar-refractivity contribution in [1.29, 1.82) is 0 Å². The molecule has 0 aliphatic heterocycles. The van der Waals surface area contributed by atoms with Gasteiger partial charge in [0.25, 0.3) is 0 Å². The van der Waals surface area contributed by atoms with E-state index in [2.05, 4.69) is 38.5 Å². The lowest BCUT2D eigenvalue weighted by Gasteiger charge is -1.92. The fourth-order valence-electron chi connectivity index (χ4n) is 2.34. The van der Waals surface area contributed by atoms with Crippen LogP contribution in [0.4, 0.5) is 0 Å². The predicted octanol–water partition coefficient (Wildman–Crippen LogP) is 4.60. The highest BCUT2D eigenvalue weighted by atomic mass is 79.9. The smallest absolute Gasteiger partial charge is 0.220 e. The average Bonchev–Trinajstić information content (AvgIpc) is 2.88. The Labute approximate surface area is 106 Å². The Kier molecular flexibility index (Phi) is 1.72. The average molecular weight is 286 g/mol. The molecule has 2 heterocycles. The quantitative estimate of drug-likeness (QED) is 0.462. The van der Waals surface area contributed by atoms with Gasteiger partial charge in [-0.1, -0.05) is 30.3 Å². The molecule has 17 heavy (non-hydrogen) atoms. The Balaban J connectivity index is 2.41. The zero-order valence-electron chi connectivity index (χ0n) is 8.85. The molecule has 0 radical (unpaired) electrons. The van der Waals surface area contributed by atoms with Crippen LogP contribution in [0, 0.1) is 0 Å². The molecule has 0 unspecified atom stereocenters. The third kappa shape index (κ3) is 1.09. The summed E-state index contributed by atoms with van der Waals surface area (Å²) in [4.78, 5) is 0. The monoisotopic (exact) mass is 285 g/mol. The molecule has 0 atom stereocenters. The molecule has 0 aliphatic rings. The molecule has 0 saturated carbocycles. The van der Waals surface area contributed by atoms with Gasteiger partial charge in [-0.15, -0.1) is 0 Å². The molecule has 82 valence electrons. The first-order valence-corrected chi connectivity index (χ1v) is 6.22. The molecule has 0 saturated heterocycles. The van der Waals surface area contributed by atoms with E-state index in [0.717, 1.165) is 21.3 Å². The van der Waals surface area contributed by atoms with Gasteiger partial charge in [0.15, 0.2) is 5.58 Å². The van der Waals surface area contributed by atoms with E-state index in [9.17, 15) is 0 Å². The highest BCUT2D eigenvalue weighted by Gasteiger charge is 2.15. The van der Waals surface area contributed by atoms with Crippen LogP contribution < -0.4 is 0 Å². The number of benzene rings is 2.